The fourth-order valence-corrected chi connectivity index (χ4v) is 8.13. The number of hydrogen-bond donors (Lipinski definition) is 1. The average Bonchev–Trinajstić information content (AvgIpc) is 3.22. The first-order valence-corrected chi connectivity index (χ1v) is 27.5. The molecule has 0 bridgehead atoms. The van der Waals surface area contributed by atoms with Crippen molar-refractivity contribution in [3.8, 4) is 0 Å². The highest BCUT2D eigenvalue weighted by Gasteiger charge is 2.45. The van der Waals surface area contributed by atoms with Crippen LogP contribution >= 0.6 is 0 Å². The van der Waals surface area contributed by atoms with Gasteiger partial charge in [0.05, 0.1) is 31.5 Å². The summed E-state index contributed by atoms with van der Waals surface area (Å²) in [5.74, 6) is -2.81. The quantitative estimate of drug-likeness (QED) is 0.128. The van der Waals surface area contributed by atoms with E-state index in [-0.39, 0.29) is 72.5 Å². The zero-order chi connectivity index (χ0) is 61.9. The van der Waals surface area contributed by atoms with Crippen LogP contribution in [0.3, 0.4) is 0 Å². The van der Waals surface area contributed by atoms with Gasteiger partial charge in [0.1, 0.15) is 51.4 Å². The highest BCUT2D eigenvalue weighted by Crippen LogP contribution is 2.36. The molecule has 3 aliphatic rings. The highest BCUT2D eigenvalue weighted by atomic mass is 16.6. The number of rotatable bonds is 9. The average molecular weight is 1130 g/mol. The van der Waals surface area contributed by atoms with Crippen molar-refractivity contribution in [2.45, 2.75) is 255 Å². The lowest BCUT2D eigenvalue weighted by atomic mass is 9.76. The third kappa shape index (κ3) is 35.2. The molecule has 0 saturated carbocycles. The minimum absolute atomic E-state index is 0.0845. The van der Waals surface area contributed by atoms with Crippen LogP contribution in [0.4, 0.5) is 14.4 Å². The molecule has 0 unspecified atom stereocenters. The fourth-order valence-electron chi connectivity index (χ4n) is 8.13. The number of Topliss-reactive ketones (excluding diaryl/α,β-unsaturated/α-hetero) is 1. The minimum Gasteiger partial charge on any atom is -0.469 e. The molecule has 0 aromatic rings. The lowest BCUT2D eigenvalue weighted by Gasteiger charge is -2.41. The minimum atomic E-state index is -1.62. The fraction of sp³-hybridized carbons (Fsp3) is 0.845. The number of aliphatic hydroxyl groups is 1. The third-order valence-electron chi connectivity index (χ3n) is 11.1. The standard InChI is InChI=1S/C23H41NO7.C17H29NO5.C12H21NO4.C6H12O2/c1-20(2,3)29-17(25)14-23(28,15-18(26)30-21(4,5)6)16-10-12-24(13-11-16)19(27)31-22(7,8)9;1-16(2,3)22-14(20)11-13(19)12-7-9-18(10-8-12)15(21)23-17(4,5)6;1-12(2,3)17-11(15)13-7-5-9(6-8-13)10(14)16-4;1-5(7)8-6(2,3)4/h16,28H,10-15H2,1-9H3;12H,7-11H2,1-6H3;9H,5-8H2,1-4H3;1-4H3. The van der Waals surface area contributed by atoms with Crippen molar-refractivity contribution in [3.05, 3.63) is 0 Å². The monoisotopic (exact) mass is 1130 g/mol. The predicted molar refractivity (Wildman–Crippen MR) is 296 cm³/mol. The van der Waals surface area contributed by atoms with Crippen molar-refractivity contribution in [2.24, 2.45) is 17.8 Å². The van der Waals surface area contributed by atoms with Gasteiger partial charge in [0.25, 0.3) is 0 Å². The van der Waals surface area contributed by atoms with Crippen molar-refractivity contribution < 1.29 is 86.2 Å². The molecule has 1 N–H and O–H groups in total. The lowest BCUT2D eigenvalue weighted by molar-refractivity contribution is -0.172. The van der Waals surface area contributed by atoms with E-state index in [1.165, 1.54) is 14.0 Å². The molecule has 79 heavy (non-hydrogen) atoms. The number of nitrogens with zero attached hydrogens (tertiary/aromatic N) is 3. The Morgan fingerprint density at radius 2 is 0.658 bits per heavy atom. The SMILES string of the molecule is CC(=O)OC(C)(C)C.CC(C)(C)OC(=O)CC(=O)C1CCN(C(=O)OC(C)(C)C)CC1.CC(C)(C)OC(=O)CC(O)(CC(=O)OC(C)(C)C)C1CCN(C(=O)OC(C)(C)C)CC1.COC(=O)C1CCN(C(=O)OC(C)(C)C)CC1. The summed E-state index contributed by atoms with van der Waals surface area (Å²) < 4.78 is 41.4. The Bertz CT molecular complexity index is 1970. The molecule has 0 aromatic carbocycles. The van der Waals surface area contributed by atoms with Crippen LogP contribution < -0.4 is 0 Å². The van der Waals surface area contributed by atoms with Gasteiger partial charge in [-0.05, 0) is 190 Å². The molecule has 3 saturated heterocycles. The first-order valence-electron chi connectivity index (χ1n) is 27.5. The highest BCUT2D eigenvalue weighted by molar-refractivity contribution is 5.97. The molecule has 3 amide bonds. The van der Waals surface area contributed by atoms with Crippen LogP contribution in [-0.4, -0.2) is 165 Å². The summed E-state index contributed by atoms with van der Waals surface area (Å²) in [6.07, 6.45) is 1.36. The van der Waals surface area contributed by atoms with E-state index in [9.17, 15) is 48.3 Å². The Balaban J connectivity index is 0.00000111. The van der Waals surface area contributed by atoms with Gasteiger partial charge in [-0.1, -0.05) is 0 Å². The molecule has 3 fully saturated rings. The van der Waals surface area contributed by atoms with Crippen molar-refractivity contribution in [1.29, 1.82) is 0 Å². The van der Waals surface area contributed by atoms with Gasteiger partial charge in [-0.25, -0.2) is 14.4 Å². The summed E-state index contributed by atoms with van der Waals surface area (Å²) in [5, 5.41) is 11.4. The van der Waals surface area contributed by atoms with Gasteiger partial charge in [0.2, 0.25) is 0 Å². The van der Waals surface area contributed by atoms with Crippen LogP contribution in [0, 0.1) is 17.8 Å². The van der Waals surface area contributed by atoms with Crippen molar-refractivity contribution in [1.82, 2.24) is 14.7 Å². The molecule has 21 heteroatoms. The summed E-state index contributed by atoms with van der Waals surface area (Å²) in [6.45, 7) is 41.9. The maximum atomic E-state index is 12.5. The Hall–Kier alpha value is -5.21. The van der Waals surface area contributed by atoms with Crippen LogP contribution in [0.15, 0.2) is 0 Å². The largest absolute Gasteiger partial charge is 0.469 e. The maximum absolute atomic E-state index is 12.5. The van der Waals surface area contributed by atoms with E-state index in [0.29, 0.717) is 77.8 Å². The summed E-state index contributed by atoms with van der Waals surface area (Å²) in [5.41, 5.74) is -5.54. The molecule has 3 heterocycles. The number of likely N-dealkylation sites (tertiary alicyclic amines) is 3. The first kappa shape index (κ1) is 73.8. The van der Waals surface area contributed by atoms with Gasteiger partial charge in [-0.3, -0.25) is 28.8 Å². The lowest BCUT2D eigenvalue weighted by Crippen LogP contribution is -2.50. The molecular formula is C58H103N3O18. The number of ether oxygens (including phenoxy) is 8. The van der Waals surface area contributed by atoms with Gasteiger partial charge >= 0.3 is 48.1 Å². The van der Waals surface area contributed by atoms with E-state index >= 15 is 0 Å². The second kappa shape index (κ2) is 30.6. The van der Waals surface area contributed by atoms with Crippen molar-refractivity contribution >= 4 is 53.9 Å². The molecule has 3 rings (SSSR count). The summed E-state index contributed by atoms with van der Waals surface area (Å²) >= 11 is 0. The van der Waals surface area contributed by atoms with Crippen LogP contribution in [0.5, 0.6) is 0 Å². The number of amides is 3. The molecule has 0 aromatic heterocycles. The van der Waals surface area contributed by atoms with Crippen molar-refractivity contribution in [3.63, 3.8) is 0 Å². The van der Waals surface area contributed by atoms with E-state index in [2.05, 4.69) is 0 Å². The Morgan fingerprint density at radius 1 is 0.392 bits per heavy atom. The normalized spacial score (nSPS) is 16.4. The molecule has 0 radical (unpaired) electrons. The van der Waals surface area contributed by atoms with Gasteiger partial charge < -0.3 is 57.7 Å². The Morgan fingerprint density at radius 3 is 0.911 bits per heavy atom. The number of esters is 5. The van der Waals surface area contributed by atoms with Gasteiger partial charge in [0.15, 0.2) is 0 Å². The smallest absolute Gasteiger partial charge is 0.410 e. The van der Waals surface area contributed by atoms with Crippen LogP contribution in [-0.2, 0) is 66.7 Å². The van der Waals surface area contributed by atoms with Gasteiger partial charge in [-0.2, -0.15) is 0 Å². The molecule has 0 spiro atoms. The molecule has 0 aliphatic carbocycles. The van der Waals surface area contributed by atoms with E-state index in [0.717, 1.165) is 0 Å². The molecule has 21 nitrogen and oxygen atoms in total. The number of hydrogen-bond acceptors (Lipinski definition) is 18. The maximum Gasteiger partial charge on any atom is 0.410 e. The second-order valence-electron chi connectivity index (χ2n) is 27.3. The molecular weight excluding hydrogens is 1030 g/mol. The zero-order valence-electron chi connectivity index (χ0n) is 52.6. The van der Waals surface area contributed by atoms with Crippen LogP contribution in [0.25, 0.3) is 0 Å². The topological polar surface area (TPSA) is 257 Å². The number of carbonyl (C=O) groups is 9. The van der Waals surface area contributed by atoms with Crippen LogP contribution in [0.1, 0.15) is 210 Å². The number of ketones is 1. The van der Waals surface area contributed by atoms with E-state index in [1.807, 2.05) is 62.3 Å². The number of carbonyl (C=O) groups excluding carboxylic acids is 9. The first-order chi connectivity index (χ1) is 35.4. The second-order valence-corrected chi connectivity index (χ2v) is 27.3. The molecule has 3 aliphatic heterocycles. The van der Waals surface area contributed by atoms with Gasteiger partial charge in [0, 0.05) is 52.1 Å². The van der Waals surface area contributed by atoms with E-state index in [4.69, 9.17) is 37.9 Å². The summed E-state index contributed by atoms with van der Waals surface area (Å²) in [4.78, 5) is 111. The third-order valence-corrected chi connectivity index (χ3v) is 11.1. The number of piperidine rings is 3. The Kier molecular flexibility index (Phi) is 28.5. The molecule has 458 valence electrons. The van der Waals surface area contributed by atoms with Crippen LogP contribution in [0.2, 0.25) is 0 Å². The summed E-state index contributed by atoms with van der Waals surface area (Å²) in [6, 6.07) is 0. The zero-order valence-corrected chi connectivity index (χ0v) is 52.6. The van der Waals surface area contributed by atoms with E-state index < -0.39 is 63.2 Å². The predicted octanol–water partition coefficient (Wildman–Crippen LogP) is 9.92. The summed E-state index contributed by atoms with van der Waals surface area (Å²) in [7, 11) is 1.39. The van der Waals surface area contributed by atoms with Gasteiger partial charge in [-0.15, -0.1) is 0 Å². The molecule has 0 atom stereocenters. The van der Waals surface area contributed by atoms with E-state index in [1.54, 1.807) is 97.8 Å². The number of methoxy groups -OCH3 is 1. The van der Waals surface area contributed by atoms with Crippen molar-refractivity contribution in [2.75, 3.05) is 46.4 Å². The Labute approximate surface area is 472 Å².